The molecule has 5 nitrogen and oxygen atoms in total. The molecule has 0 aliphatic heterocycles. The van der Waals surface area contributed by atoms with Crippen LogP contribution in [0.2, 0.25) is 0 Å². The van der Waals surface area contributed by atoms with Crippen molar-refractivity contribution in [2.24, 2.45) is 5.73 Å². The van der Waals surface area contributed by atoms with Crippen LogP contribution in [-0.4, -0.2) is 43.0 Å². The molecular formula is C8H20N2O3S2. The van der Waals surface area contributed by atoms with Crippen molar-refractivity contribution in [3.05, 3.63) is 0 Å². The van der Waals surface area contributed by atoms with Crippen LogP contribution in [0.5, 0.6) is 0 Å². The van der Waals surface area contributed by atoms with Gasteiger partial charge in [0.1, 0.15) is 0 Å². The van der Waals surface area contributed by atoms with Gasteiger partial charge in [0.05, 0.1) is 5.75 Å². The van der Waals surface area contributed by atoms with Crippen molar-refractivity contribution in [3.63, 3.8) is 0 Å². The van der Waals surface area contributed by atoms with Gasteiger partial charge in [-0.1, -0.05) is 6.92 Å². The smallest absolute Gasteiger partial charge is 0.211 e. The van der Waals surface area contributed by atoms with E-state index in [4.69, 9.17) is 5.73 Å². The summed E-state index contributed by atoms with van der Waals surface area (Å²) >= 11 is 0. The Kier molecular flexibility index (Phi) is 7.33. The second kappa shape index (κ2) is 7.32. The molecule has 2 atom stereocenters. The zero-order valence-corrected chi connectivity index (χ0v) is 10.9. The quantitative estimate of drug-likeness (QED) is 0.607. The Labute approximate surface area is 94.3 Å². The topological polar surface area (TPSA) is 89.3 Å². The summed E-state index contributed by atoms with van der Waals surface area (Å²) in [7, 11) is -4.09. The summed E-state index contributed by atoms with van der Waals surface area (Å²) < 4.78 is 36.0. The number of nitrogens with one attached hydrogen (secondary N) is 1. The molecule has 3 N–H and O–H groups in total. The highest BCUT2D eigenvalue weighted by Gasteiger charge is 2.11. The van der Waals surface area contributed by atoms with Crippen molar-refractivity contribution in [2.75, 3.05) is 25.1 Å². The molecule has 15 heavy (non-hydrogen) atoms. The molecule has 0 saturated heterocycles. The first-order chi connectivity index (χ1) is 6.89. The van der Waals surface area contributed by atoms with Gasteiger partial charge in [0.25, 0.3) is 0 Å². The lowest BCUT2D eigenvalue weighted by atomic mass is 10.3. The molecule has 92 valence electrons. The summed E-state index contributed by atoms with van der Waals surface area (Å²) in [6.45, 7) is 2.55. The van der Waals surface area contributed by atoms with Gasteiger partial charge in [-0.15, -0.1) is 0 Å². The predicted octanol–water partition coefficient (Wildman–Crippen LogP) is -0.588. The Morgan fingerprint density at radius 2 is 2.07 bits per heavy atom. The van der Waals surface area contributed by atoms with Crippen LogP contribution >= 0.6 is 0 Å². The number of nitrogens with two attached hydrogens (primary N) is 1. The molecule has 0 heterocycles. The Balaban J connectivity index is 3.80. The third-order valence-corrected chi connectivity index (χ3v) is 4.90. The lowest BCUT2D eigenvalue weighted by Gasteiger charge is -2.09. The molecule has 0 amide bonds. The van der Waals surface area contributed by atoms with E-state index in [2.05, 4.69) is 4.72 Å². The summed E-state index contributed by atoms with van der Waals surface area (Å²) in [4.78, 5) is 0. The number of rotatable bonds is 8. The number of sulfonamides is 1. The van der Waals surface area contributed by atoms with Crippen LogP contribution < -0.4 is 10.5 Å². The molecular weight excluding hydrogens is 236 g/mol. The SMILES string of the molecule is CC(CCNS(=O)(=O)CCCN)S(C)=O. The molecule has 0 bridgehead atoms. The first kappa shape index (κ1) is 15.0. The fraction of sp³-hybridized carbons (Fsp3) is 1.00. The number of hydrogen-bond donors (Lipinski definition) is 2. The highest BCUT2D eigenvalue weighted by Crippen LogP contribution is 1.98. The minimum Gasteiger partial charge on any atom is -0.330 e. The molecule has 0 saturated carbocycles. The van der Waals surface area contributed by atoms with Crippen molar-refractivity contribution in [3.8, 4) is 0 Å². The van der Waals surface area contributed by atoms with E-state index in [0.29, 0.717) is 25.9 Å². The minimum absolute atomic E-state index is 0.0159. The molecule has 0 aromatic rings. The van der Waals surface area contributed by atoms with Gasteiger partial charge in [-0.3, -0.25) is 4.21 Å². The second-order valence-corrected chi connectivity index (χ2v) is 7.18. The van der Waals surface area contributed by atoms with E-state index in [9.17, 15) is 12.6 Å². The van der Waals surface area contributed by atoms with Crippen LogP contribution in [-0.2, 0) is 20.8 Å². The first-order valence-electron chi connectivity index (χ1n) is 4.88. The zero-order chi connectivity index (χ0) is 11.9. The maximum atomic E-state index is 11.3. The second-order valence-electron chi connectivity index (χ2n) is 3.45. The molecule has 0 rings (SSSR count). The highest BCUT2D eigenvalue weighted by molar-refractivity contribution is 7.89. The van der Waals surface area contributed by atoms with Crippen LogP contribution in [0.25, 0.3) is 0 Å². The Bertz CT molecular complexity index is 290. The van der Waals surface area contributed by atoms with Gasteiger partial charge in [0.15, 0.2) is 0 Å². The third kappa shape index (κ3) is 7.89. The van der Waals surface area contributed by atoms with Crippen LogP contribution in [0.1, 0.15) is 19.8 Å². The maximum absolute atomic E-state index is 11.3. The maximum Gasteiger partial charge on any atom is 0.211 e. The third-order valence-electron chi connectivity index (χ3n) is 2.06. The fourth-order valence-electron chi connectivity index (χ4n) is 0.929. The van der Waals surface area contributed by atoms with Gasteiger partial charge in [0.2, 0.25) is 10.0 Å². The zero-order valence-electron chi connectivity index (χ0n) is 9.23. The van der Waals surface area contributed by atoms with Crippen molar-refractivity contribution in [2.45, 2.75) is 25.0 Å². The number of hydrogen-bond acceptors (Lipinski definition) is 4. The summed E-state index contributed by atoms with van der Waals surface area (Å²) in [6, 6.07) is 0. The van der Waals surface area contributed by atoms with E-state index < -0.39 is 20.8 Å². The summed E-state index contributed by atoms with van der Waals surface area (Å²) in [6.07, 6.45) is 2.67. The molecule has 0 aromatic heterocycles. The summed E-state index contributed by atoms with van der Waals surface area (Å²) in [5.74, 6) is 0.0626. The Hall–Kier alpha value is 0.0200. The van der Waals surface area contributed by atoms with E-state index in [1.165, 1.54) is 0 Å². The van der Waals surface area contributed by atoms with Gasteiger partial charge >= 0.3 is 0 Å². The van der Waals surface area contributed by atoms with Crippen molar-refractivity contribution in [1.82, 2.24) is 4.72 Å². The van der Waals surface area contributed by atoms with E-state index >= 15 is 0 Å². The first-order valence-corrected chi connectivity index (χ1v) is 8.16. The Morgan fingerprint density at radius 1 is 1.47 bits per heavy atom. The van der Waals surface area contributed by atoms with E-state index in [0.717, 1.165) is 0 Å². The van der Waals surface area contributed by atoms with Crippen molar-refractivity contribution >= 4 is 20.8 Å². The molecule has 0 aliphatic rings. The van der Waals surface area contributed by atoms with Crippen LogP contribution in [0, 0.1) is 0 Å². The van der Waals surface area contributed by atoms with Crippen LogP contribution in [0.4, 0.5) is 0 Å². The highest BCUT2D eigenvalue weighted by atomic mass is 32.2. The van der Waals surface area contributed by atoms with E-state index in [1.54, 1.807) is 6.26 Å². The fourth-order valence-corrected chi connectivity index (χ4v) is 2.50. The average molecular weight is 256 g/mol. The average Bonchev–Trinajstić information content (AvgIpc) is 2.14. The van der Waals surface area contributed by atoms with Gasteiger partial charge in [-0.25, -0.2) is 13.1 Å². The normalized spacial score (nSPS) is 16.2. The molecule has 0 aliphatic carbocycles. The predicted molar refractivity (Wildman–Crippen MR) is 63.6 cm³/mol. The lowest BCUT2D eigenvalue weighted by Crippen LogP contribution is -2.30. The van der Waals surface area contributed by atoms with Gasteiger partial charge in [-0.05, 0) is 19.4 Å². The molecule has 2 unspecified atom stereocenters. The van der Waals surface area contributed by atoms with Gasteiger partial charge in [-0.2, -0.15) is 0 Å². The van der Waals surface area contributed by atoms with Crippen LogP contribution in [0.3, 0.4) is 0 Å². The van der Waals surface area contributed by atoms with Crippen molar-refractivity contribution < 1.29 is 12.6 Å². The van der Waals surface area contributed by atoms with Gasteiger partial charge in [0, 0.05) is 28.9 Å². The summed E-state index contributed by atoms with van der Waals surface area (Å²) in [5.41, 5.74) is 5.22. The largest absolute Gasteiger partial charge is 0.330 e. The standard InChI is InChI=1S/C8H20N2O3S2/c1-8(14(2)11)4-6-10-15(12,13)7-3-5-9/h8,10H,3-7,9H2,1-2H3. The monoisotopic (exact) mass is 256 g/mol. The van der Waals surface area contributed by atoms with E-state index in [1.807, 2.05) is 6.92 Å². The molecule has 7 heteroatoms. The molecule has 0 aromatic carbocycles. The van der Waals surface area contributed by atoms with Crippen molar-refractivity contribution in [1.29, 1.82) is 0 Å². The minimum atomic E-state index is -3.19. The molecule has 0 fully saturated rings. The summed E-state index contributed by atoms with van der Waals surface area (Å²) in [5, 5.41) is 0.0159. The Morgan fingerprint density at radius 3 is 2.53 bits per heavy atom. The lowest BCUT2D eigenvalue weighted by molar-refractivity contribution is 0.575. The van der Waals surface area contributed by atoms with E-state index in [-0.39, 0.29) is 11.0 Å². The molecule has 0 radical (unpaired) electrons. The van der Waals surface area contributed by atoms with Gasteiger partial charge < -0.3 is 5.73 Å². The molecule has 0 spiro atoms. The van der Waals surface area contributed by atoms with Crippen LogP contribution in [0.15, 0.2) is 0 Å².